The summed E-state index contributed by atoms with van der Waals surface area (Å²) >= 11 is 0. The summed E-state index contributed by atoms with van der Waals surface area (Å²) in [5.74, 6) is 2.00. The van der Waals surface area contributed by atoms with Crippen LogP contribution in [0.3, 0.4) is 0 Å². The van der Waals surface area contributed by atoms with Gasteiger partial charge in [0.05, 0.1) is 23.6 Å². The Morgan fingerprint density at radius 3 is 2.50 bits per heavy atom. The molecule has 0 radical (unpaired) electrons. The van der Waals surface area contributed by atoms with Crippen LogP contribution in [0.15, 0.2) is 59.9 Å². The Morgan fingerprint density at radius 2 is 1.83 bits per heavy atom. The second-order valence-electron chi connectivity index (χ2n) is 8.38. The number of carbonyl (C=O) groups excluding carboxylic acids is 1. The molecule has 0 bridgehead atoms. The Balaban J connectivity index is 1.60. The molecule has 1 saturated heterocycles. The van der Waals surface area contributed by atoms with Gasteiger partial charge in [0.15, 0.2) is 9.84 Å². The quantitative estimate of drug-likeness (QED) is 0.397. The van der Waals surface area contributed by atoms with Crippen molar-refractivity contribution in [1.29, 1.82) is 0 Å². The van der Waals surface area contributed by atoms with Crippen molar-refractivity contribution in [2.24, 2.45) is 0 Å². The number of halogens is 1. The maximum absolute atomic E-state index is 14.4. The van der Waals surface area contributed by atoms with E-state index >= 15 is 0 Å². The first-order valence-electron chi connectivity index (χ1n) is 11.1. The molecular formula is C26H21FN4O4S. The molecule has 1 aliphatic heterocycles. The van der Waals surface area contributed by atoms with E-state index in [1.54, 1.807) is 23.1 Å². The van der Waals surface area contributed by atoms with Crippen molar-refractivity contribution >= 4 is 26.6 Å². The number of benzene rings is 2. The first-order valence-corrected chi connectivity index (χ1v) is 13.0. The largest absolute Gasteiger partial charge is 0.378 e. The van der Waals surface area contributed by atoms with Gasteiger partial charge in [0.25, 0.3) is 5.91 Å². The second-order valence-corrected chi connectivity index (χ2v) is 10.4. The molecule has 0 unspecified atom stereocenters. The Kier molecular flexibility index (Phi) is 6.04. The topological polar surface area (TPSA) is 94.4 Å². The van der Waals surface area contributed by atoms with Gasteiger partial charge < -0.3 is 9.64 Å². The Labute approximate surface area is 207 Å². The van der Waals surface area contributed by atoms with Crippen LogP contribution in [0.4, 0.5) is 4.39 Å². The van der Waals surface area contributed by atoms with Gasteiger partial charge in [0.2, 0.25) is 5.95 Å². The molecule has 1 amide bonds. The van der Waals surface area contributed by atoms with Crippen LogP contribution in [0.2, 0.25) is 0 Å². The number of amides is 1. The third-order valence-electron chi connectivity index (χ3n) is 6.01. The highest BCUT2D eigenvalue weighted by Gasteiger charge is 2.23. The fourth-order valence-corrected chi connectivity index (χ4v) is 5.03. The van der Waals surface area contributed by atoms with E-state index in [0.717, 1.165) is 6.26 Å². The van der Waals surface area contributed by atoms with E-state index in [1.165, 1.54) is 41.4 Å². The number of hydrogen-bond acceptors (Lipinski definition) is 6. The van der Waals surface area contributed by atoms with Gasteiger partial charge in [-0.15, -0.1) is 6.42 Å². The minimum Gasteiger partial charge on any atom is -0.378 e. The molecule has 0 aliphatic carbocycles. The molecule has 3 heterocycles. The van der Waals surface area contributed by atoms with E-state index in [-0.39, 0.29) is 22.3 Å². The Morgan fingerprint density at radius 1 is 1.11 bits per heavy atom. The molecule has 2 aromatic carbocycles. The van der Waals surface area contributed by atoms with Gasteiger partial charge in [-0.2, -0.15) is 0 Å². The van der Waals surface area contributed by atoms with Crippen LogP contribution in [0.5, 0.6) is 0 Å². The average molecular weight is 505 g/mol. The van der Waals surface area contributed by atoms with Gasteiger partial charge in [0, 0.05) is 65.6 Å². The lowest BCUT2D eigenvalue weighted by molar-refractivity contribution is 0.0303. The molecule has 36 heavy (non-hydrogen) atoms. The van der Waals surface area contributed by atoms with Crippen LogP contribution >= 0.6 is 0 Å². The van der Waals surface area contributed by atoms with E-state index in [4.69, 9.17) is 11.2 Å². The molecule has 1 aliphatic rings. The van der Waals surface area contributed by atoms with Gasteiger partial charge in [-0.1, -0.05) is 12.0 Å². The van der Waals surface area contributed by atoms with Gasteiger partial charge in [-0.05, 0) is 30.3 Å². The van der Waals surface area contributed by atoms with Crippen molar-refractivity contribution < 1.29 is 22.3 Å². The summed E-state index contributed by atoms with van der Waals surface area (Å²) in [7, 11) is -3.59. The smallest absolute Gasteiger partial charge is 0.254 e. The molecule has 1 fully saturated rings. The zero-order chi connectivity index (χ0) is 25.4. The van der Waals surface area contributed by atoms with Crippen molar-refractivity contribution in [2.75, 3.05) is 32.6 Å². The average Bonchev–Trinajstić information content (AvgIpc) is 3.29. The van der Waals surface area contributed by atoms with E-state index in [0.29, 0.717) is 53.9 Å². The van der Waals surface area contributed by atoms with Gasteiger partial charge in [-0.25, -0.2) is 22.8 Å². The molecular weight excluding hydrogens is 483 g/mol. The van der Waals surface area contributed by atoms with Crippen LogP contribution in [0, 0.1) is 18.2 Å². The Bertz CT molecular complexity index is 1630. The monoisotopic (exact) mass is 504 g/mol. The predicted octanol–water partition coefficient (Wildman–Crippen LogP) is 3.08. The van der Waals surface area contributed by atoms with Crippen LogP contribution < -0.4 is 0 Å². The second kappa shape index (κ2) is 9.18. The molecule has 5 rings (SSSR count). The summed E-state index contributed by atoms with van der Waals surface area (Å²) in [6.07, 6.45) is 10.9. The maximum Gasteiger partial charge on any atom is 0.254 e. The number of rotatable bonds is 4. The lowest BCUT2D eigenvalue weighted by Crippen LogP contribution is -2.40. The number of aromatic nitrogens is 3. The number of terminal acetylenes is 1. The lowest BCUT2D eigenvalue weighted by Gasteiger charge is -2.26. The highest BCUT2D eigenvalue weighted by molar-refractivity contribution is 7.91. The molecule has 0 spiro atoms. The van der Waals surface area contributed by atoms with Crippen molar-refractivity contribution in [2.45, 2.75) is 4.90 Å². The molecule has 0 saturated carbocycles. The summed E-state index contributed by atoms with van der Waals surface area (Å²) < 4.78 is 46.2. The standard InChI is InChI=1S/C26H21FN4O4S/c1-3-17-4-7-22(27)21(12-17)19-14-28-26(29-15-19)31-16-24(36(2,33)34)20-6-5-18(13-23(20)31)25(32)30-8-10-35-11-9-30/h1,4-7,12-16H,8-11H2,2H3. The molecule has 4 aromatic rings. The first-order chi connectivity index (χ1) is 17.3. The minimum atomic E-state index is -3.59. The zero-order valence-corrected chi connectivity index (χ0v) is 20.1. The fraction of sp³-hybridized carbons (Fsp3) is 0.192. The Hall–Kier alpha value is -4.07. The highest BCUT2D eigenvalue weighted by Crippen LogP contribution is 2.29. The van der Waals surface area contributed by atoms with Gasteiger partial charge in [-0.3, -0.25) is 9.36 Å². The normalized spacial score (nSPS) is 14.1. The molecule has 0 N–H and O–H groups in total. The third-order valence-corrected chi connectivity index (χ3v) is 7.14. The van der Waals surface area contributed by atoms with E-state index in [1.807, 2.05) is 0 Å². The SMILES string of the molecule is C#Cc1ccc(F)c(-c2cnc(-n3cc(S(C)(=O)=O)c4ccc(C(=O)N5CCOCC5)cc43)nc2)c1. The number of nitrogens with zero attached hydrogens (tertiary/aromatic N) is 4. The molecule has 0 atom stereocenters. The number of ether oxygens (including phenoxy) is 1. The van der Waals surface area contributed by atoms with E-state index in [2.05, 4.69) is 15.9 Å². The van der Waals surface area contributed by atoms with Crippen molar-refractivity contribution in [3.63, 3.8) is 0 Å². The van der Waals surface area contributed by atoms with Crippen molar-refractivity contribution in [1.82, 2.24) is 19.4 Å². The first kappa shape index (κ1) is 23.7. The van der Waals surface area contributed by atoms with Crippen LogP contribution in [-0.4, -0.2) is 66.3 Å². The number of hydrogen-bond donors (Lipinski definition) is 0. The summed E-state index contributed by atoms with van der Waals surface area (Å²) in [6, 6.07) is 9.18. The zero-order valence-electron chi connectivity index (χ0n) is 19.3. The van der Waals surface area contributed by atoms with Crippen LogP contribution in [0.1, 0.15) is 15.9 Å². The highest BCUT2D eigenvalue weighted by atomic mass is 32.2. The number of fused-ring (bicyclic) bond motifs is 1. The number of carbonyl (C=O) groups is 1. The lowest BCUT2D eigenvalue weighted by atomic mass is 10.1. The fourth-order valence-electron chi connectivity index (χ4n) is 4.16. The predicted molar refractivity (Wildman–Crippen MR) is 132 cm³/mol. The summed E-state index contributed by atoms with van der Waals surface area (Å²) in [4.78, 5) is 23.5. The summed E-state index contributed by atoms with van der Waals surface area (Å²) in [6.45, 7) is 1.89. The summed E-state index contributed by atoms with van der Waals surface area (Å²) in [5.41, 5.74) is 2.06. The summed E-state index contributed by atoms with van der Waals surface area (Å²) in [5, 5.41) is 0.441. The molecule has 182 valence electrons. The van der Waals surface area contributed by atoms with E-state index in [9.17, 15) is 17.6 Å². The maximum atomic E-state index is 14.4. The van der Waals surface area contributed by atoms with Gasteiger partial charge >= 0.3 is 0 Å². The van der Waals surface area contributed by atoms with Gasteiger partial charge in [0.1, 0.15) is 5.82 Å². The molecule has 10 heteroatoms. The minimum absolute atomic E-state index is 0.0864. The van der Waals surface area contributed by atoms with Crippen molar-refractivity contribution in [3.8, 4) is 29.4 Å². The van der Waals surface area contributed by atoms with E-state index < -0.39 is 15.7 Å². The molecule has 2 aromatic heterocycles. The molecule has 8 nitrogen and oxygen atoms in total. The third kappa shape index (κ3) is 4.34. The van der Waals surface area contributed by atoms with Crippen LogP contribution in [0.25, 0.3) is 28.0 Å². The van der Waals surface area contributed by atoms with Crippen molar-refractivity contribution in [3.05, 3.63) is 71.9 Å². The number of sulfone groups is 1. The number of morpholine rings is 1. The van der Waals surface area contributed by atoms with Crippen LogP contribution in [-0.2, 0) is 14.6 Å².